The lowest BCUT2D eigenvalue weighted by molar-refractivity contribution is 0.246. The van der Waals surface area contributed by atoms with Crippen LogP contribution in [0.15, 0.2) is 24.3 Å². The van der Waals surface area contributed by atoms with Gasteiger partial charge in [0.05, 0.1) is 29.5 Å². The molecule has 0 radical (unpaired) electrons. The number of aliphatic hydroxyl groups is 1. The molecule has 1 aliphatic rings. The lowest BCUT2D eigenvalue weighted by atomic mass is 10.2. The molecule has 2 N–H and O–H groups in total. The SMILES string of the molecule is N#Cc1ccc(CS(=O)(=O)NC2(CO)CC2)cc1. The van der Waals surface area contributed by atoms with Crippen molar-refractivity contribution < 1.29 is 13.5 Å². The maximum Gasteiger partial charge on any atom is 0.216 e. The van der Waals surface area contributed by atoms with Gasteiger partial charge in [0.1, 0.15) is 0 Å². The number of benzene rings is 1. The Kier molecular flexibility index (Phi) is 3.39. The summed E-state index contributed by atoms with van der Waals surface area (Å²) in [5.74, 6) is -0.138. The fraction of sp³-hybridized carbons (Fsp3) is 0.417. The molecule has 0 aromatic heterocycles. The Morgan fingerprint density at radius 1 is 1.33 bits per heavy atom. The zero-order valence-corrected chi connectivity index (χ0v) is 10.6. The van der Waals surface area contributed by atoms with Gasteiger partial charge in [-0.25, -0.2) is 13.1 Å². The zero-order valence-electron chi connectivity index (χ0n) is 9.76. The Balaban J connectivity index is 2.05. The third kappa shape index (κ3) is 3.07. The molecule has 1 aromatic rings. The van der Waals surface area contributed by atoms with Crippen molar-refractivity contribution in [2.24, 2.45) is 0 Å². The van der Waals surface area contributed by atoms with E-state index in [1.807, 2.05) is 6.07 Å². The summed E-state index contributed by atoms with van der Waals surface area (Å²) in [7, 11) is -3.45. The van der Waals surface area contributed by atoms with Crippen molar-refractivity contribution in [1.29, 1.82) is 5.26 Å². The topological polar surface area (TPSA) is 90.2 Å². The van der Waals surface area contributed by atoms with Crippen LogP contribution in [0.1, 0.15) is 24.0 Å². The molecule has 1 saturated carbocycles. The minimum Gasteiger partial charge on any atom is -0.394 e. The van der Waals surface area contributed by atoms with Gasteiger partial charge in [0.25, 0.3) is 0 Å². The second-order valence-corrected chi connectivity index (χ2v) is 6.33. The van der Waals surface area contributed by atoms with E-state index in [-0.39, 0.29) is 12.4 Å². The van der Waals surface area contributed by atoms with Crippen LogP contribution in [0.2, 0.25) is 0 Å². The monoisotopic (exact) mass is 266 g/mol. The molecule has 0 heterocycles. The van der Waals surface area contributed by atoms with E-state index in [2.05, 4.69) is 4.72 Å². The van der Waals surface area contributed by atoms with Crippen LogP contribution >= 0.6 is 0 Å². The third-order valence-corrected chi connectivity index (χ3v) is 4.43. The largest absolute Gasteiger partial charge is 0.394 e. The van der Waals surface area contributed by atoms with Crippen molar-refractivity contribution in [3.8, 4) is 6.07 Å². The fourth-order valence-corrected chi connectivity index (χ4v) is 3.34. The summed E-state index contributed by atoms with van der Waals surface area (Å²) in [6, 6.07) is 8.39. The molecule has 96 valence electrons. The highest BCUT2D eigenvalue weighted by atomic mass is 32.2. The zero-order chi connectivity index (χ0) is 13.2. The molecule has 0 aliphatic heterocycles. The van der Waals surface area contributed by atoms with Crippen molar-refractivity contribution >= 4 is 10.0 Å². The number of hydrogen-bond donors (Lipinski definition) is 2. The molecule has 0 saturated heterocycles. The minimum absolute atomic E-state index is 0.138. The molecule has 18 heavy (non-hydrogen) atoms. The van der Waals surface area contributed by atoms with Crippen molar-refractivity contribution in [1.82, 2.24) is 4.72 Å². The van der Waals surface area contributed by atoms with E-state index in [0.29, 0.717) is 24.0 Å². The molecule has 1 aliphatic carbocycles. The van der Waals surface area contributed by atoms with E-state index in [0.717, 1.165) is 0 Å². The number of nitrogens with zero attached hydrogens (tertiary/aromatic N) is 1. The van der Waals surface area contributed by atoms with E-state index in [9.17, 15) is 8.42 Å². The van der Waals surface area contributed by atoms with Gasteiger partial charge in [0.15, 0.2) is 0 Å². The van der Waals surface area contributed by atoms with Crippen molar-refractivity contribution in [2.45, 2.75) is 24.1 Å². The van der Waals surface area contributed by atoms with Crippen LogP contribution in [0.5, 0.6) is 0 Å². The van der Waals surface area contributed by atoms with Crippen molar-refractivity contribution in [2.75, 3.05) is 6.61 Å². The molecular formula is C12H14N2O3S. The lowest BCUT2D eigenvalue weighted by Gasteiger charge is -2.14. The highest BCUT2D eigenvalue weighted by Gasteiger charge is 2.45. The summed E-state index contributed by atoms with van der Waals surface area (Å²) in [6.45, 7) is -0.167. The third-order valence-electron chi connectivity index (χ3n) is 2.97. The fourth-order valence-electron chi connectivity index (χ4n) is 1.70. The number of nitriles is 1. The van der Waals surface area contributed by atoms with Crippen molar-refractivity contribution in [3.05, 3.63) is 35.4 Å². The summed E-state index contributed by atoms with van der Waals surface area (Å²) in [5, 5.41) is 17.7. The Bertz CT molecular complexity index is 568. The van der Waals surface area contributed by atoms with Gasteiger partial charge in [-0.15, -0.1) is 0 Å². The lowest BCUT2D eigenvalue weighted by Crippen LogP contribution is -2.40. The number of sulfonamides is 1. The molecule has 0 bridgehead atoms. The molecule has 1 aromatic carbocycles. The molecule has 0 amide bonds. The number of nitrogens with one attached hydrogen (secondary N) is 1. The normalized spacial score (nSPS) is 17.1. The van der Waals surface area contributed by atoms with Gasteiger partial charge in [-0.2, -0.15) is 5.26 Å². The van der Waals surface area contributed by atoms with Gasteiger partial charge in [-0.1, -0.05) is 12.1 Å². The van der Waals surface area contributed by atoms with Gasteiger partial charge in [0, 0.05) is 0 Å². The molecule has 5 nitrogen and oxygen atoms in total. The van der Waals surface area contributed by atoms with Crippen LogP contribution in [0.3, 0.4) is 0 Å². The predicted octanol–water partition coefficient (Wildman–Crippen LogP) is 0.503. The van der Waals surface area contributed by atoms with Crippen LogP contribution in [-0.4, -0.2) is 25.7 Å². The van der Waals surface area contributed by atoms with Crippen LogP contribution in [0.25, 0.3) is 0 Å². The molecular weight excluding hydrogens is 252 g/mol. The molecule has 2 rings (SSSR count). The molecule has 0 unspecified atom stereocenters. The summed E-state index contributed by atoms with van der Waals surface area (Å²) >= 11 is 0. The number of aliphatic hydroxyl groups excluding tert-OH is 1. The Morgan fingerprint density at radius 3 is 2.39 bits per heavy atom. The molecule has 6 heteroatoms. The smallest absolute Gasteiger partial charge is 0.216 e. The first-order chi connectivity index (χ1) is 8.49. The molecule has 0 atom stereocenters. The average Bonchev–Trinajstić information content (AvgIpc) is 3.09. The van der Waals surface area contributed by atoms with Gasteiger partial charge in [0.2, 0.25) is 10.0 Å². The van der Waals surface area contributed by atoms with Crippen LogP contribution in [0, 0.1) is 11.3 Å². The van der Waals surface area contributed by atoms with Gasteiger partial charge < -0.3 is 5.11 Å². The van der Waals surface area contributed by atoms with E-state index < -0.39 is 15.6 Å². The van der Waals surface area contributed by atoms with E-state index in [1.54, 1.807) is 24.3 Å². The van der Waals surface area contributed by atoms with Crippen LogP contribution in [0.4, 0.5) is 0 Å². The maximum absolute atomic E-state index is 11.9. The summed E-state index contributed by atoms with van der Waals surface area (Å²) < 4.78 is 26.3. The van der Waals surface area contributed by atoms with Crippen LogP contribution in [-0.2, 0) is 15.8 Å². The standard InChI is InChI=1S/C12H14N2O3S/c13-7-10-1-3-11(4-2-10)8-18(16,17)14-12(9-15)5-6-12/h1-4,14-15H,5-6,8-9H2. The van der Waals surface area contributed by atoms with Gasteiger partial charge >= 0.3 is 0 Å². The van der Waals surface area contributed by atoms with Gasteiger partial charge in [-0.3, -0.25) is 0 Å². The van der Waals surface area contributed by atoms with E-state index in [1.165, 1.54) is 0 Å². The average molecular weight is 266 g/mol. The summed E-state index contributed by atoms with van der Waals surface area (Å²) in [5.41, 5.74) is 0.485. The highest BCUT2D eigenvalue weighted by Crippen LogP contribution is 2.35. The first kappa shape index (κ1) is 13.0. The molecule has 1 fully saturated rings. The second kappa shape index (κ2) is 4.69. The van der Waals surface area contributed by atoms with Gasteiger partial charge in [-0.05, 0) is 30.5 Å². The highest BCUT2D eigenvalue weighted by molar-refractivity contribution is 7.88. The quantitative estimate of drug-likeness (QED) is 0.812. The second-order valence-electron chi connectivity index (χ2n) is 4.61. The first-order valence-electron chi connectivity index (χ1n) is 5.60. The Labute approximate surface area is 106 Å². The minimum atomic E-state index is -3.45. The Morgan fingerprint density at radius 2 is 1.94 bits per heavy atom. The Hall–Kier alpha value is -1.42. The number of rotatable bonds is 5. The van der Waals surface area contributed by atoms with Crippen molar-refractivity contribution in [3.63, 3.8) is 0 Å². The van der Waals surface area contributed by atoms with E-state index >= 15 is 0 Å². The maximum atomic E-state index is 11.9. The first-order valence-corrected chi connectivity index (χ1v) is 7.25. The predicted molar refractivity (Wildman–Crippen MR) is 66.0 cm³/mol. The molecule has 0 spiro atoms. The number of hydrogen-bond acceptors (Lipinski definition) is 4. The van der Waals surface area contributed by atoms with Crippen LogP contribution < -0.4 is 4.72 Å². The summed E-state index contributed by atoms with van der Waals surface area (Å²) in [6.07, 6.45) is 1.35. The summed E-state index contributed by atoms with van der Waals surface area (Å²) in [4.78, 5) is 0. The van der Waals surface area contributed by atoms with E-state index in [4.69, 9.17) is 10.4 Å².